The van der Waals surface area contributed by atoms with E-state index in [9.17, 15) is 5.11 Å². The molecule has 3 fully saturated rings. The Morgan fingerprint density at radius 1 is 1.10 bits per heavy atom. The third-order valence-corrected chi connectivity index (χ3v) is 6.04. The van der Waals surface area contributed by atoms with E-state index in [0.717, 1.165) is 19.5 Å². The van der Waals surface area contributed by atoms with Crippen LogP contribution in [0.2, 0.25) is 0 Å². The van der Waals surface area contributed by atoms with Gasteiger partial charge >= 0.3 is 0 Å². The summed E-state index contributed by atoms with van der Waals surface area (Å²) in [6, 6.07) is 2.10. The van der Waals surface area contributed by atoms with Gasteiger partial charge in [-0.3, -0.25) is 0 Å². The van der Waals surface area contributed by atoms with Crippen molar-refractivity contribution < 1.29 is 9.52 Å². The summed E-state index contributed by atoms with van der Waals surface area (Å²) in [5.41, 5.74) is 1.32. The molecule has 4 heteroatoms. The molecule has 1 aromatic heterocycles. The summed E-state index contributed by atoms with van der Waals surface area (Å²) in [6.07, 6.45) is 9.94. The topological polar surface area (TPSA) is 57.4 Å². The van der Waals surface area contributed by atoms with Crippen LogP contribution < -0.4 is 10.6 Å². The van der Waals surface area contributed by atoms with Gasteiger partial charge in [-0.15, -0.1) is 0 Å². The van der Waals surface area contributed by atoms with Crippen LogP contribution in [0.15, 0.2) is 23.0 Å². The third-order valence-electron chi connectivity index (χ3n) is 6.04. The summed E-state index contributed by atoms with van der Waals surface area (Å²) in [6.45, 7) is 2.08. The number of nitrogens with one attached hydrogen (secondary N) is 2. The minimum Gasteiger partial charge on any atom is -0.472 e. The van der Waals surface area contributed by atoms with Gasteiger partial charge < -0.3 is 20.2 Å². The van der Waals surface area contributed by atoms with Crippen LogP contribution in [0.1, 0.15) is 43.6 Å². The van der Waals surface area contributed by atoms with Crippen LogP contribution >= 0.6 is 0 Å². The van der Waals surface area contributed by atoms with Gasteiger partial charge in [0, 0.05) is 12.5 Å². The highest BCUT2D eigenvalue weighted by Crippen LogP contribution is 2.42. The minimum absolute atomic E-state index is 0.0798. The molecule has 0 aromatic carbocycles. The second-order valence-electron chi connectivity index (χ2n) is 7.13. The Morgan fingerprint density at radius 3 is 2.76 bits per heavy atom. The molecule has 3 aliphatic rings. The molecule has 6 unspecified atom stereocenters. The molecule has 116 valence electrons. The van der Waals surface area contributed by atoms with Crippen molar-refractivity contribution in [1.29, 1.82) is 0 Å². The van der Waals surface area contributed by atoms with E-state index in [-0.39, 0.29) is 6.10 Å². The Kier molecular flexibility index (Phi) is 3.78. The lowest BCUT2D eigenvalue weighted by Gasteiger charge is -2.41. The smallest absolute Gasteiger partial charge is 0.0937 e. The van der Waals surface area contributed by atoms with E-state index in [1.165, 1.54) is 31.2 Å². The highest BCUT2D eigenvalue weighted by Gasteiger charge is 2.44. The Balaban J connectivity index is 1.48. The van der Waals surface area contributed by atoms with Gasteiger partial charge in [-0.2, -0.15) is 0 Å². The first-order chi connectivity index (χ1) is 10.3. The predicted octanol–water partition coefficient (Wildman–Crippen LogP) is 2.07. The number of hydrogen-bond acceptors (Lipinski definition) is 4. The van der Waals surface area contributed by atoms with Gasteiger partial charge in [-0.1, -0.05) is 12.8 Å². The zero-order chi connectivity index (χ0) is 14.2. The first-order valence-corrected chi connectivity index (χ1v) is 8.50. The first kappa shape index (κ1) is 13.8. The van der Waals surface area contributed by atoms with E-state index < -0.39 is 0 Å². The van der Waals surface area contributed by atoms with Gasteiger partial charge in [0.05, 0.1) is 24.8 Å². The fourth-order valence-electron chi connectivity index (χ4n) is 4.89. The van der Waals surface area contributed by atoms with E-state index in [2.05, 4.69) is 16.7 Å². The number of piperidine rings is 1. The molecular weight excluding hydrogens is 264 g/mol. The monoisotopic (exact) mass is 290 g/mol. The van der Waals surface area contributed by atoms with Crippen LogP contribution in [0.4, 0.5) is 0 Å². The lowest BCUT2D eigenvalue weighted by molar-refractivity contribution is 0.0170. The Morgan fingerprint density at radius 2 is 1.95 bits per heavy atom. The van der Waals surface area contributed by atoms with Crippen LogP contribution in [-0.4, -0.2) is 30.5 Å². The Labute approximate surface area is 126 Å². The fourth-order valence-corrected chi connectivity index (χ4v) is 4.89. The summed E-state index contributed by atoms with van der Waals surface area (Å²) in [7, 11) is 0. The fraction of sp³-hybridized carbons (Fsp3) is 0.765. The second kappa shape index (κ2) is 5.75. The summed E-state index contributed by atoms with van der Waals surface area (Å²) in [4.78, 5) is 0. The van der Waals surface area contributed by atoms with Crippen LogP contribution in [0.3, 0.4) is 0 Å². The average molecular weight is 290 g/mol. The van der Waals surface area contributed by atoms with Crippen LogP contribution in [0.5, 0.6) is 0 Å². The molecule has 1 aromatic rings. The molecule has 4 nitrogen and oxygen atoms in total. The number of aliphatic hydroxyl groups excluding tert-OH is 1. The summed E-state index contributed by atoms with van der Waals surface area (Å²) < 4.78 is 5.28. The van der Waals surface area contributed by atoms with Crippen LogP contribution in [0.25, 0.3) is 0 Å². The van der Waals surface area contributed by atoms with Crippen molar-refractivity contribution in [1.82, 2.24) is 10.6 Å². The van der Waals surface area contributed by atoms with Crippen molar-refractivity contribution >= 4 is 0 Å². The summed E-state index contributed by atoms with van der Waals surface area (Å²) >= 11 is 0. The zero-order valence-corrected chi connectivity index (χ0v) is 12.5. The molecule has 3 N–H and O–H groups in total. The van der Waals surface area contributed by atoms with Crippen molar-refractivity contribution in [2.45, 2.75) is 50.3 Å². The van der Waals surface area contributed by atoms with Gasteiger partial charge in [0.15, 0.2) is 0 Å². The molecule has 0 radical (unpaired) electrons. The highest BCUT2D eigenvalue weighted by molar-refractivity contribution is 5.18. The summed E-state index contributed by atoms with van der Waals surface area (Å²) in [5.74, 6) is 2.29. The van der Waals surface area contributed by atoms with Crippen LogP contribution in [0, 0.1) is 17.8 Å². The van der Waals surface area contributed by atoms with Gasteiger partial charge in [0.2, 0.25) is 0 Å². The normalized spacial score (nSPS) is 43.7. The van der Waals surface area contributed by atoms with E-state index in [0.29, 0.717) is 29.8 Å². The maximum absolute atomic E-state index is 10.4. The molecule has 4 rings (SSSR count). The van der Waals surface area contributed by atoms with E-state index in [1.807, 2.05) is 6.26 Å². The van der Waals surface area contributed by atoms with Gasteiger partial charge in [0.25, 0.3) is 0 Å². The van der Waals surface area contributed by atoms with Gasteiger partial charge in [0.1, 0.15) is 0 Å². The molecule has 1 aliphatic carbocycles. The van der Waals surface area contributed by atoms with E-state index in [4.69, 9.17) is 4.42 Å². The molecule has 0 amide bonds. The maximum Gasteiger partial charge on any atom is 0.0937 e. The molecule has 0 spiro atoms. The number of rotatable bonds is 2. The minimum atomic E-state index is -0.0798. The van der Waals surface area contributed by atoms with Crippen molar-refractivity contribution in [3.8, 4) is 0 Å². The highest BCUT2D eigenvalue weighted by atomic mass is 16.3. The molecule has 0 bridgehead atoms. The Hall–Kier alpha value is -0.840. The SMILES string of the molecule is OC1CCCCC1C1CNC2NCC(c3ccoc3)C2C1. The molecule has 1 saturated carbocycles. The van der Waals surface area contributed by atoms with Crippen molar-refractivity contribution in [3.05, 3.63) is 24.2 Å². The Bertz CT molecular complexity index is 461. The number of hydrogen-bond donors (Lipinski definition) is 3. The molecular formula is C17H26N2O2. The molecule has 6 atom stereocenters. The molecule has 21 heavy (non-hydrogen) atoms. The third kappa shape index (κ3) is 2.54. The van der Waals surface area contributed by atoms with E-state index in [1.54, 1.807) is 6.26 Å². The summed E-state index contributed by atoms with van der Waals surface area (Å²) in [5, 5.41) is 17.7. The predicted molar refractivity (Wildman–Crippen MR) is 80.8 cm³/mol. The quantitative estimate of drug-likeness (QED) is 0.780. The van der Waals surface area contributed by atoms with Crippen molar-refractivity contribution in [2.75, 3.05) is 13.1 Å². The van der Waals surface area contributed by atoms with Gasteiger partial charge in [-0.25, -0.2) is 0 Å². The van der Waals surface area contributed by atoms with E-state index >= 15 is 0 Å². The standard InChI is InChI=1S/C17H26N2O2/c20-16-4-2-1-3-13(16)12-7-14-15(11-5-6-21-10-11)9-19-17(14)18-8-12/h5-6,10,12-20H,1-4,7-9H2. The second-order valence-corrected chi connectivity index (χ2v) is 7.13. The average Bonchev–Trinajstić information content (AvgIpc) is 3.16. The number of furan rings is 1. The first-order valence-electron chi connectivity index (χ1n) is 8.50. The zero-order valence-electron chi connectivity index (χ0n) is 12.5. The maximum atomic E-state index is 10.4. The van der Waals surface area contributed by atoms with Crippen molar-refractivity contribution in [3.63, 3.8) is 0 Å². The number of fused-ring (bicyclic) bond motifs is 1. The number of aliphatic hydroxyl groups is 1. The molecule has 2 aliphatic heterocycles. The molecule has 2 saturated heterocycles. The lowest BCUT2D eigenvalue weighted by Crippen LogP contribution is -2.52. The lowest BCUT2D eigenvalue weighted by atomic mass is 9.70. The largest absolute Gasteiger partial charge is 0.472 e. The molecule has 3 heterocycles. The van der Waals surface area contributed by atoms with Crippen LogP contribution in [-0.2, 0) is 0 Å². The van der Waals surface area contributed by atoms with Gasteiger partial charge in [-0.05, 0) is 55.2 Å². The van der Waals surface area contributed by atoms with Crippen molar-refractivity contribution in [2.24, 2.45) is 17.8 Å².